The summed E-state index contributed by atoms with van der Waals surface area (Å²) in [6.45, 7) is 9.33. The van der Waals surface area contributed by atoms with Crippen molar-refractivity contribution in [2.75, 3.05) is 26.2 Å². The molecule has 1 aromatic heterocycles. The molecule has 2 aliphatic heterocycles. The van der Waals surface area contributed by atoms with E-state index >= 15 is 0 Å². The molecule has 2 fully saturated rings. The molecule has 0 radical (unpaired) electrons. The zero-order valence-electron chi connectivity index (χ0n) is 22.3. The number of aryl methyl sites for hydroxylation is 2. The van der Waals surface area contributed by atoms with Gasteiger partial charge in [0.1, 0.15) is 0 Å². The van der Waals surface area contributed by atoms with Crippen molar-refractivity contribution in [3.8, 4) is 0 Å². The quantitative estimate of drug-likeness (QED) is 0.498. The lowest BCUT2D eigenvalue weighted by Gasteiger charge is -2.47. The maximum atomic E-state index is 10.6. The standard InChI is InChI=1S/C22H32N4.2C2HF3O2/c1-19-4-6-20(7-5-19)16-26-11-3-8-22(18-26)9-12-25(13-10-22)17-21-14-23-24(2)15-21;2*3-2(4,5)1(6)7/h4-7,14-15H,3,8-13,16-18H2,1-2H3;2*(H,6,7). The van der Waals surface area contributed by atoms with Crippen molar-refractivity contribution >= 4 is 11.9 Å². The number of nitrogens with zero attached hydrogens (tertiary/aromatic N) is 4. The highest BCUT2D eigenvalue weighted by atomic mass is 19.4. The van der Waals surface area contributed by atoms with Gasteiger partial charge in [-0.2, -0.15) is 31.4 Å². The van der Waals surface area contributed by atoms with Crippen LogP contribution in [-0.2, 0) is 29.7 Å². The first-order chi connectivity index (χ1) is 18.5. The van der Waals surface area contributed by atoms with E-state index in [1.54, 1.807) is 0 Å². The van der Waals surface area contributed by atoms with Gasteiger partial charge in [-0.3, -0.25) is 14.5 Å². The Morgan fingerprint density at radius 2 is 1.35 bits per heavy atom. The number of hydrogen-bond acceptors (Lipinski definition) is 5. The molecule has 0 aliphatic carbocycles. The third-order valence-corrected chi connectivity index (χ3v) is 6.83. The molecular formula is C26H34F6N4O4. The Bertz CT molecular complexity index is 1070. The molecule has 14 heteroatoms. The first-order valence-electron chi connectivity index (χ1n) is 12.6. The van der Waals surface area contributed by atoms with E-state index in [9.17, 15) is 26.3 Å². The number of hydrogen-bond donors (Lipinski definition) is 2. The second-order valence-electron chi connectivity index (χ2n) is 10.2. The van der Waals surface area contributed by atoms with Crippen molar-refractivity contribution in [1.82, 2.24) is 19.6 Å². The van der Waals surface area contributed by atoms with Gasteiger partial charge in [0.25, 0.3) is 0 Å². The van der Waals surface area contributed by atoms with Crippen molar-refractivity contribution in [2.24, 2.45) is 12.5 Å². The van der Waals surface area contributed by atoms with Gasteiger partial charge < -0.3 is 10.2 Å². The van der Waals surface area contributed by atoms with Crippen LogP contribution in [0, 0.1) is 12.3 Å². The number of rotatable bonds is 4. The fraction of sp³-hybridized carbons (Fsp3) is 0.577. The number of aliphatic carboxylic acids is 2. The van der Waals surface area contributed by atoms with Crippen LogP contribution < -0.4 is 0 Å². The molecule has 0 atom stereocenters. The predicted octanol–water partition coefficient (Wildman–Crippen LogP) is 4.87. The summed E-state index contributed by atoms with van der Waals surface area (Å²) in [5.41, 5.74) is 4.70. The van der Waals surface area contributed by atoms with Gasteiger partial charge in [0, 0.05) is 38.4 Å². The van der Waals surface area contributed by atoms with Crippen LogP contribution in [0.5, 0.6) is 0 Å². The summed E-state index contributed by atoms with van der Waals surface area (Å²) in [4.78, 5) is 23.1. The maximum absolute atomic E-state index is 10.6. The monoisotopic (exact) mass is 580 g/mol. The van der Waals surface area contributed by atoms with Crippen molar-refractivity contribution < 1.29 is 46.1 Å². The van der Waals surface area contributed by atoms with Gasteiger partial charge in [0.2, 0.25) is 0 Å². The third kappa shape index (κ3) is 11.2. The van der Waals surface area contributed by atoms with E-state index in [1.165, 1.54) is 68.6 Å². The Labute approximate surface area is 228 Å². The molecule has 2 N–H and O–H groups in total. The highest BCUT2D eigenvalue weighted by Crippen LogP contribution is 2.40. The largest absolute Gasteiger partial charge is 0.490 e. The Hall–Kier alpha value is -3.13. The summed E-state index contributed by atoms with van der Waals surface area (Å²) in [6, 6.07) is 9.08. The summed E-state index contributed by atoms with van der Waals surface area (Å²) in [7, 11) is 2.00. The minimum atomic E-state index is -5.08. The molecule has 224 valence electrons. The van der Waals surface area contributed by atoms with Crippen LogP contribution in [0.2, 0.25) is 0 Å². The molecule has 1 spiro atoms. The van der Waals surface area contributed by atoms with Crippen LogP contribution in [0.3, 0.4) is 0 Å². The summed E-state index contributed by atoms with van der Waals surface area (Å²) in [6.07, 6.45) is -0.551. The van der Waals surface area contributed by atoms with Crippen LogP contribution >= 0.6 is 0 Å². The summed E-state index contributed by atoms with van der Waals surface area (Å²) >= 11 is 0. The molecule has 0 amide bonds. The van der Waals surface area contributed by atoms with Crippen molar-refractivity contribution in [3.05, 3.63) is 53.3 Å². The number of alkyl halides is 6. The lowest BCUT2D eigenvalue weighted by atomic mass is 9.72. The van der Waals surface area contributed by atoms with Gasteiger partial charge in [-0.05, 0) is 63.2 Å². The lowest BCUT2D eigenvalue weighted by molar-refractivity contribution is -0.193. The summed E-state index contributed by atoms with van der Waals surface area (Å²) in [5, 5.41) is 18.6. The van der Waals surface area contributed by atoms with Crippen molar-refractivity contribution in [2.45, 2.75) is 58.0 Å². The Kier molecular flexibility index (Phi) is 11.6. The van der Waals surface area contributed by atoms with Crippen LogP contribution in [0.4, 0.5) is 26.3 Å². The fourth-order valence-electron chi connectivity index (χ4n) is 4.80. The van der Waals surface area contributed by atoms with Gasteiger partial charge >= 0.3 is 24.3 Å². The summed E-state index contributed by atoms with van der Waals surface area (Å²) < 4.78 is 65.4. The van der Waals surface area contributed by atoms with Crippen molar-refractivity contribution in [1.29, 1.82) is 0 Å². The predicted molar refractivity (Wildman–Crippen MR) is 133 cm³/mol. The Morgan fingerprint density at radius 1 is 0.850 bits per heavy atom. The average Bonchev–Trinajstić information content (AvgIpc) is 3.26. The van der Waals surface area contributed by atoms with Crippen molar-refractivity contribution in [3.63, 3.8) is 0 Å². The second-order valence-corrected chi connectivity index (χ2v) is 10.2. The van der Waals surface area contributed by atoms with Crippen LogP contribution in [-0.4, -0.2) is 80.3 Å². The second kappa shape index (κ2) is 14.0. The van der Waals surface area contributed by atoms with E-state index < -0.39 is 24.3 Å². The molecule has 3 heterocycles. The van der Waals surface area contributed by atoms with E-state index in [0.29, 0.717) is 5.41 Å². The number of piperidine rings is 2. The number of carboxylic acid groups (broad SMARTS) is 2. The zero-order valence-corrected chi connectivity index (χ0v) is 22.3. The lowest BCUT2D eigenvalue weighted by Crippen LogP contribution is -2.49. The summed E-state index contributed by atoms with van der Waals surface area (Å²) in [5.74, 6) is -5.51. The number of likely N-dealkylation sites (tertiary alicyclic amines) is 2. The molecule has 0 saturated carbocycles. The van der Waals surface area contributed by atoms with Crippen LogP contribution in [0.15, 0.2) is 36.7 Å². The number of benzene rings is 1. The topological polar surface area (TPSA) is 98.9 Å². The first kappa shape index (κ1) is 33.1. The van der Waals surface area contributed by atoms with Crippen LogP contribution in [0.1, 0.15) is 42.4 Å². The minimum absolute atomic E-state index is 0.550. The van der Waals surface area contributed by atoms with Gasteiger partial charge in [-0.15, -0.1) is 0 Å². The Morgan fingerprint density at radius 3 is 1.80 bits per heavy atom. The fourth-order valence-corrected chi connectivity index (χ4v) is 4.80. The highest BCUT2D eigenvalue weighted by molar-refractivity contribution is 5.73. The molecule has 0 unspecified atom stereocenters. The molecule has 40 heavy (non-hydrogen) atoms. The number of halogens is 6. The SMILES string of the molecule is Cc1ccc(CN2CCCC3(CCN(Cc4cnn(C)c4)CC3)C2)cc1.O=C(O)C(F)(F)F.O=C(O)C(F)(F)F. The molecule has 2 aromatic rings. The molecule has 1 aromatic carbocycles. The molecule has 8 nitrogen and oxygen atoms in total. The van der Waals surface area contributed by atoms with E-state index in [4.69, 9.17) is 19.8 Å². The number of carbonyl (C=O) groups is 2. The number of carboxylic acids is 2. The molecular weight excluding hydrogens is 546 g/mol. The van der Waals surface area contributed by atoms with Crippen LogP contribution in [0.25, 0.3) is 0 Å². The number of aromatic nitrogens is 2. The Balaban J connectivity index is 0.000000333. The van der Waals surface area contributed by atoms with Gasteiger partial charge in [-0.1, -0.05) is 29.8 Å². The van der Waals surface area contributed by atoms with Gasteiger partial charge in [0.15, 0.2) is 0 Å². The average molecular weight is 581 g/mol. The van der Waals surface area contributed by atoms with E-state index in [1.807, 2.05) is 17.9 Å². The molecule has 2 saturated heterocycles. The normalized spacial score (nSPS) is 17.8. The molecule has 4 rings (SSSR count). The first-order valence-corrected chi connectivity index (χ1v) is 12.6. The minimum Gasteiger partial charge on any atom is -0.475 e. The molecule has 0 bridgehead atoms. The van der Waals surface area contributed by atoms with E-state index in [-0.39, 0.29) is 0 Å². The van der Waals surface area contributed by atoms with E-state index in [0.717, 1.165) is 13.1 Å². The van der Waals surface area contributed by atoms with E-state index in [2.05, 4.69) is 52.3 Å². The highest BCUT2D eigenvalue weighted by Gasteiger charge is 2.39. The molecule has 2 aliphatic rings. The smallest absolute Gasteiger partial charge is 0.475 e. The zero-order chi connectivity index (χ0) is 30.1. The van der Waals surface area contributed by atoms with Gasteiger partial charge in [-0.25, -0.2) is 9.59 Å². The third-order valence-electron chi connectivity index (χ3n) is 6.83. The van der Waals surface area contributed by atoms with Gasteiger partial charge in [0.05, 0.1) is 6.20 Å². The maximum Gasteiger partial charge on any atom is 0.490 e.